The van der Waals surface area contributed by atoms with Crippen molar-refractivity contribution < 1.29 is 18.1 Å². The van der Waals surface area contributed by atoms with Gasteiger partial charge >= 0.3 is 0 Å². The summed E-state index contributed by atoms with van der Waals surface area (Å²) < 4.78 is 28.6. The zero-order valence-corrected chi connectivity index (χ0v) is 20.2. The Morgan fingerprint density at radius 1 is 1.03 bits per heavy atom. The molecule has 0 spiro atoms. The number of carbonyl (C=O) groups excluding carboxylic acids is 1. The second-order valence-electron chi connectivity index (χ2n) is 8.39. The van der Waals surface area contributed by atoms with Crippen LogP contribution in [0.1, 0.15) is 11.3 Å². The number of nitrogens with one attached hydrogen (secondary N) is 1. The number of nitro groups is 1. The van der Waals surface area contributed by atoms with Gasteiger partial charge in [0.15, 0.2) is 0 Å². The molecule has 12 heteroatoms. The van der Waals surface area contributed by atoms with Crippen LogP contribution < -0.4 is 10.2 Å². The molecule has 1 amide bonds. The number of piperazine rings is 1. The van der Waals surface area contributed by atoms with Gasteiger partial charge in [0.05, 0.1) is 16.3 Å². The van der Waals surface area contributed by atoms with Crippen LogP contribution in [0.15, 0.2) is 54.6 Å². The summed E-state index contributed by atoms with van der Waals surface area (Å²) in [5, 5.41) is 17.8. The molecular weight excluding hydrogens is 472 g/mol. The molecule has 0 saturated carbocycles. The van der Waals surface area contributed by atoms with E-state index >= 15 is 0 Å². The first-order valence-electron chi connectivity index (χ1n) is 11.0. The summed E-state index contributed by atoms with van der Waals surface area (Å²) in [6.45, 7) is 5.40. The molecule has 2 aromatic carbocycles. The normalized spacial score (nSPS) is 14.6. The van der Waals surface area contributed by atoms with Crippen molar-refractivity contribution in [1.29, 1.82) is 0 Å². The van der Waals surface area contributed by atoms with E-state index in [0.29, 0.717) is 37.6 Å². The first-order valence-corrected chi connectivity index (χ1v) is 12.6. The van der Waals surface area contributed by atoms with E-state index < -0.39 is 26.6 Å². The number of hydrogen-bond donors (Lipinski definition) is 1. The van der Waals surface area contributed by atoms with Crippen LogP contribution in [-0.2, 0) is 14.8 Å². The summed E-state index contributed by atoms with van der Waals surface area (Å²) in [5.41, 5.74) is 3.20. The highest BCUT2D eigenvalue weighted by Gasteiger charge is 2.29. The molecule has 1 saturated heterocycles. The molecule has 35 heavy (non-hydrogen) atoms. The van der Waals surface area contributed by atoms with Crippen LogP contribution in [0, 0.1) is 24.0 Å². The maximum atomic E-state index is 12.9. The van der Waals surface area contributed by atoms with Crippen LogP contribution in [0.2, 0.25) is 0 Å². The first kappa shape index (κ1) is 24.4. The molecule has 2 heterocycles. The fourth-order valence-corrected chi connectivity index (χ4v) is 5.29. The first-order chi connectivity index (χ1) is 16.6. The van der Waals surface area contributed by atoms with Gasteiger partial charge in [0, 0.05) is 50.1 Å². The van der Waals surface area contributed by atoms with E-state index in [1.54, 1.807) is 13.0 Å². The molecular formula is C23H26N6O5S. The number of sulfonamides is 1. The average Bonchev–Trinajstić information content (AvgIpc) is 3.18. The Morgan fingerprint density at radius 3 is 2.34 bits per heavy atom. The molecule has 0 aliphatic carbocycles. The smallest absolute Gasteiger partial charge is 0.269 e. The molecule has 184 valence electrons. The van der Waals surface area contributed by atoms with Crippen LogP contribution in [0.4, 0.5) is 17.2 Å². The highest BCUT2D eigenvalue weighted by Crippen LogP contribution is 2.21. The van der Waals surface area contributed by atoms with Crippen molar-refractivity contribution in [1.82, 2.24) is 14.1 Å². The van der Waals surface area contributed by atoms with Crippen molar-refractivity contribution in [2.75, 3.05) is 42.1 Å². The minimum Gasteiger partial charge on any atom is -0.369 e. The highest BCUT2D eigenvalue weighted by atomic mass is 32.2. The Labute approximate surface area is 203 Å². The van der Waals surface area contributed by atoms with Gasteiger partial charge in [-0.3, -0.25) is 14.9 Å². The standard InChI is InChI=1S/C23H26N6O5S/c1-17-4-3-5-21(14-17)26-10-12-27(13-11-26)35(33,34)16-23(30)24-22-15-18(2)25-28(22)19-6-8-20(9-7-19)29(31)32/h3-9,14-15H,10-13,16H2,1-2H3,(H,24,30). The average molecular weight is 499 g/mol. The maximum absolute atomic E-state index is 12.9. The number of benzene rings is 2. The fourth-order valence-electron chi connectivity index (χ4n) is 3.99. The van der Waals surface area contributed by atoms with Crippen molar-refractivity contribution in [3.8, 4) is 5.69 Å². The molecule has 0 atom stereocenters. The molecule has 1 fully saturated rings. The third kappa shape index (κ3) is 5.66. The topological polar surface area (TPSA) is 131 Å². The molecule has 0 radical (unpaired) electrons. The van der Waals surface area contributed by atoms with E-state index in [1.165, 1.54) is 33.3 Å². The predicted molar refractivity (Wildman–Crippen MR) is 132 cm³/mol. The third-order valence-corrected chi connectivity index (χ3v) is 7.50. The lowest BCUT2D eigenvalue weighted by atomic mass is 10.2. The van der Waals surface area contributed by atoms with Crippen molar-refractivity contribution in [2.24, 2.45) is 0 Å². The molecule has 1 N–H and O–H groups in total. The van der Waals surface area contributed by atoms with Crippen molar-refractivity contribution in [3.63, 3.8) is 0 Å². The quantitative estimate of drug-likeness (QED) is 0.391. The van der Waals surface area contributed by atoms with Gasteiger partial charge in [-0.15, -0.1) is 0 Å². The van der Waals surface area contributed by atoms with Crippen LogP contribution in [0.5, 0.6) is 0 Å². The molecule has 1 aliphatic heterocycles. The van der Waals surface area contributed by atoms with Gasteiger partial charge in [-0.1, -0.05) is 12.1 Å². The Balaban J connectivity index is 1.40. The number of rotatable bonds is 7. The summed E-state index contributed by atoms with van der Waals surface area (Å²) in [6, 6.07) is 15.3. The summed E-state index contributed by atoms with van der Waals surface area (Å²) >= 11 is 0. The highest BCUT2D eigenvalue weighted by molar-refractivity contribution is 7.89. The predicted octanol–water partition coefficient (Wildman–Crippen LogP) is 2.49. The van der Waals surface area contributed by atoms with Crippen LogP contribution in [0.3, 0.4) is 0 Å². The number of aryl methyl sites for hydroxylation is 2. The Hall–Kier alpha value is -3.77. The van der Waals surface area contributed by atoms with Gasteiger partial charge in [0.2, 0.25) is 15.9 Å². The van der Waals surface area contributed by atoms with E-state index in [1.807, 2.05) is 25.1 Å². The van der Waals surface area contributed by atoms with Gasteiger partial charge in [-0.25, -0.2) is 13.1 Å². The van der Waals surface area contributed by atoms with E-state index in [4.69, 9.17) is 0 Å². The van der Waals surface area contributed by atoms with E-state index in [0.717, 1.165) is 11.3 Å². The monoisotopic (exact) mass is 498 g/mol. The van der Waals surface area contributed by atoms with Gasteiger partial charge < -0.3 is 10.2 Å². The maximum Gasteiger partial charge on any atom is 0.269 e. The Bertz CT molecular complexity index is 1340. The van der Waals surface area contributed by atoms with Gasteiger partial charge in [0.25, 0.3) is 5.69 Å². The van der Waals surface area contributed by atoms with E-state index in [-0.39, 0.29) is 11.5 Å². The van der Waals surface area contributed by atoms with Crippen molar-refractivity contribution in [2.45, 2.75) is 13.8 Å². The summed E-state index contributed by atoms with van der Waals surface area (Å²) in [6.07, 6.45) is 0. The summed E-state index contributed by atoms with van der Waals surface area (Å²) in [4.78, 5) is 25.2. The summed E-state index contributed by atoms with van der Waals surface area (Å²) in [7, 11) is -3.81. The van der Waals surface area contributed by atoms with Gasteiger partial charge in [-0.2, -0.15) is 9.40 Å². The molecule has 4 rings (SSSR count). The van der Waals surface area contributed by atoms with Crippen molar-refractivity contribution >= 4 is 33.1 Å². The number of non-ortho nitro benzene ring substituents is 1. The van der Waals surface area contributed by atoms with Crippen molar-refractivity contribution in [3.05, 3.63) is 76.0 Å². The number of amides is 1. The molecule has 3 aromatic rings. The van der Waals surface area contributed by atoms with Gasteiger partial charge in [0.1, 0.15) is 11.6 Å². The Kier molecular flexibility index (Phi) is 6.85. The molecule has 0 unspecified atom stereocenters. The third-order valence-electron chi connectivity index (χ3n) is 5.72. The van der Waals surface area contributed by atoms with E-state index in [9.17, 15) is 23.3 Å². The molecule has 1 aliphatic rings. The SMILES string of the molecule is Cc1cccc(N2CCN(S(=O)(=O)CC(=O)Nc3cc(C)nn3-c3ccc([N+](=O)[O-])cc3)CC2)c1. The zero-order valence-electron chi connectivity index (χ0n) is 19.4. The molecule has 0 bridgehead atoms. The number of nitrogens with zero attached hydrogens (tertiary/aromatic N) is 5. The van der Waals surface area contributed by atoms with E-state index in [2.05, 4.69) is 21.4 Å². The lowest BCUT2D eigenvalue weighted by Gasteiger charge is -2.35. The van der Waals surface area contributed by atoms with Gasteiger partial charge in [-0.05, 0) is 43.7 Å². The van der Waals surface area contributed by atoms with Crippen LogP contribution >= 0.6 is 0 Å². The zero-order chi connectivity index (χ0) is 25.2. The number of nitro benzene ring substituents is 1. The molecule has 11 nitrogen and oxygen atoms in total. The summed E-state index contributed by atoms with van der Waals surface area (Å²) in [5.74, 6) is -1.10. The second kappa shape index (κ2) is 9.84. The minimum atomic E-state index is -3.81. The lowest BCUT2D eigenvalue weighted by molar-refractivity contribution is -0.384. The second-order valence-corrected chi connectivity index (χ2v) is 10.4. The molecule has 1 aromatic heterocycles. The lowest BCUT2D eigenvalue weighted by Crippen LogP contribution is -2.50. The minimum absolute atomic E-state index is 0.0724. The fraction of sp³-hybridized carbons (Fsp3) is 0.304. The van der Waals surface area contributed by atoms with Crippen LogP contribution in [-0.4, -0.2) is 65.3 Å². The number of anilines is 2. The van der Waals surface area contributed by atoms with Crippen LogP contribution in [0.25, 0.3) is 5.69 Å². The number of hydrogen-bond acceptors (Lipinski definition) is 7. The number of aromatic nitrogens is 2. The Morgan fingerprint density at radius 2 is 1.71 bits per heavy atom. The largest absolute Gasteiger partial charge is 0.369 e. The number of carbonyl (C=O) groups is 1.